The maximum atomic E-state index is 13.3. The quantitative estimate of drug-likeness (QED) is 0.712. The minimum Gasteiger partial charge on any atom is -0.476 e. The van der Waals surface area contributed by atoms with Crippen LogP contribution in [0.2, 0.25) is 5.02 Å². The average molecular weight is 464 g/mol. The van der Waals surface area contributed by atoms with E-state index >= 15 is 0 Å². The number of sulfonamides is 1. The number of carbonyl (C=O) groups is 1. The first-order chi connectivity index (χ1) is 14.9. The predicted octanol–water partition coefficient (Wildman–Crippen LogP) is 2.90. The highest BCUT2D eigenvalue weighted by atomic mass is 35.5. The van der Waals surface area contributed by atoms with E-state index in [-0.39, 0.29) is 17.3 Å². The molecule has 0 saturated carbocycles. The molecule has 0 bridgehead atoms. The fourth-order valence-electron chi connectivity index (χ4n) is 3.93. The zero-order chi connectivity index (χ0) is 21.8. The third kappa shape index (κ3) is 4.97. The normalized spacial score (nSPS) is 19.4. The van der Waals surface area contributed by atoms with Crippen molar-refractivity contribution in [3.63, 3.8) is 0 Å². The molecule has 166 valence electrons. The molecule has 2 aliphatic heterocycles. The van der Waals surface area contributed by atoms with Crippen molar-refractivity contribution in [3.8, 4) is 5.75 Å². The molecule has 1 saturated heterocycles. The van der Waals surface area contributed by atoms with Gasteiger partial charge in [0.1, 0.15) is 5.75 Å². The van der Waals surface area contributed by atoms with Gasteiger partial charge in [0.15, 0.2) is 6.10 Å². The molecule has 2 heterocycles. The molecule has 9 heteroatoms. The maximum absolute atomic E-state index is 13.3. The van der Waals surface area contributed by atoms with Gasteiger partial charge in [-0.05, 0) is 62.3 Å². The molecule has 0 radical (unpaired) electrons. The Hall–Kier alpha value is -2.29. The molecular weight excluding hydrogens is 438 g/mol. The second kappa shape index (κ2) is 9.46. The summed E-state index contributed by atoms with van der Waals surface area (Å²) in [4.78, 5) is 15.3. The van der Waals surface area contributed by atoms with Crippen LogP contribution in [0.25, 0.3) is 0 Å². The lowest BCUT2D eigenvalue weighted by Gasteiger charge is -2.35. The van der Waals surface area contributed by atoms with Crippen molar-refractivity contribution < 1.29 is 17.9 Å². The van der Waals surface area contributed by atoms with Gasteiger partial charge in [-0.25, -0.2) is 8.42 Å². The van der Waals surface area contributed by atoms with E-state index in [9.17, 15) is 13.2 Å². The Balaban J connectivity index is 1.50. The first-order valence-corrected chi connectivity index (χ1v) is 12.3. The summed E-state index contributed by atoms with van der Waals surface area (Å²) in [5.41, 5.74) is 0.412. The lowest BCUT2D eigenvalue weighted by molar-refractivity contribution is -0.127. The van der Waals surface area contributed by atoms with E-state index in [1.165, 1.54) is 47.8 Å². The number of piperidine rings is 1. The Morgan fingerprint density at radius 2 is 1.77 bits per heavy atom. The van der Waals surface area contributed by atoms with Gasteiger partial charge in [0.05, 0.1) is 17.1 Å². The molecule has 0 aliphatic carbocycles. The maximum Gasteiger partial charge on any atom is 0.264 e. The van der Waals surface area contributed by atoms with Crippen molar-refractivity contribution in [2.45, 2.75) is 30.3 Å². The topological polar surface area (TPSA) is 79.0 Å². The number of amides is 1. The number of likely N-dealkylation sites (tertiary alicyclic amines) is 1. The van der Waals surface area contributed by atoms with Gasteiger partial charge in [-0.1, -0.05) is 30.2 Å². The van der Waals surface area contributed by atoms with Gasteiger partial charge in [-0.2, -0.15) is 0 Å². The van der Waals surface area contributed by atoms with Crippen molar-refractivity contribution >= 4 is 33.2 Å². The molecule has 4 rings (SSSR count). The molecule has 31 heavy (non-hydrogen) atoms. The highest BCUT2D eigenvalue weighted by Gasteiger charge is 2.37. The number of para-hydroxylation sites is 2. The van der Waals surface area contributed by atoms with Crippen LogP contribution < -0.4 is 14.4 Å². The van der Waals surface area contributed by atoms with Gasteiger partial charge < -0.3 is 15.0 Å². The highest BCUT2D eigenvalue weighted by Crippen LogP contribution is 2.36. The van der Waals surface area contributed by atoms with Crippen molar-refractivity contribution in [1.29, 1.82) is 0 Å². The van der Waals surface area contributed by atoms with Crippen molar-refractivity contribution in [3.05, 3.63) is 53.6 Å². The molecular formula is C22H26ClN3O4S. The Kier molecular flexibility index (Phi) is 6.69. The van der Waals surface area contributed by atoms with Gasteiger partial charge in [-0.3, -0.25) is 9.10 Å². The molecule has 0 spiro atoms. The zero-order valence-corrected chi connectivity index (χ0v) is 18.7. The number of benzene rings is 2. The number of rotatable bonds is 6. The number of ether oxygens (including phenoxy) is 1. The van der Waals surface area contributed by atoms with Crippen molar-refractivity contribution in [2.75, 3.05) is 37.0 Å². The predicted molar refractivity (Wildman–Crippen MR) is 120 cm³/mol. The third-order valence-corrected chi connectivity index (χ3v) is 7.65. The fourth-order valence-corrected chi connectivity index (χ4v) is 5.54. The molecule has 0 unspecified atom stereocenters. The van der Waals surface area contributed by atoms with E-state index in [2.05, 4.69) is 10.2 Å². The van der Waals surface area contributed by atoms with E-state index in [1.807, 2.05) is 0 Å². The zero-order valence-electron chi connectivity index (χ0n) is 17.2. The van der Waals surface area contributed by atoms with Crippen LogP contribution in [0.1, 0.15) is 19.3 Å². The largest absolute Gasteiger partial charge is 0.476 e. The van der Waals surface area contributed by atoms with Crippen LogP contribution in [-0.2, 0) is 14.8 Å². The van der Waals surface area contributed by atoms with Gasteiger partial charge >= 0.3 is 0 Å². The summed E-state index contributed by atoms with van der Waals surface area (Å²) in [5, 5.41) is 3.36. The van der Waals surface area contributed by atoms with E-state index in [1.54, 1.807) is 24.3 Å². The molecule has 2 aromatic carbocycles. The molecule has 2 aliphatic rings. The number of hydrogen-bond acceptors (Lipinski definition) is 5. The van der Waals surface area contributed by atoms with E-state index in [0.717, 1.165) is 19.6 Å². The van der Waals surface area contributed by atoms with Gasteiger partial charge in [0.2, 0.25) is 0 Å². The van der Waals surface area contributed by atoms with Crippen LogP contribution in [0, 0.1) is 0 Å². The SMILES string of the molecule is O=C(NCCN1CCCCC1)[C@H]1CN(S(=O)(=O)c2ccc(Cl)cc2)c2ccccc2O1. The number of carbonyl (C=O) groups excluding carboxylic acids is 1. The van der Waals surface area contributed by atoms with Crippen LogP contribution >= 0.6 is 11.6 Å². The second-order valence-electron chi connectivity index (χ2n) is 7.76. The third-order valence-electron chi connectivity index (χ3n) is 5.60. The van der Waals surface area contributed by atoms with Crippen LogP contribution in [0.15, 0.2) is 53.4 Å². The fraction of sp³-hybridized carbons (Fsp3) is 0.409. The minimum atomic E-state index is -3.89. The monoisotopic (exact) mass is 463 g/mol. The Morgan fingerprint density at radius 1 is 1.06 bits per heavy atom. The number of hydrogen-bond donors (Lipinski definition) is 1. The number of halogens is 1. The summed E-state index contributed by atoms with van der Waals surface area (Å²) in [6.07, 6.45) is 2.70. The van der Waals surface area contributed by atoms with Crippen molar-refractivity contribution in [1.82, 2.24) is 10.2 Å². The number of nitrogens with one attached hydrogen (secondary N) is 1. The molecule has 1 amide bonds. The van der Waals surface area contributed by atoms with Gasteiger partial charge in [-0.15, -0.1) is 0 Å². The molecule has 1 atom stereocenters. The molecule has 1 fully saturated rings. The molecule has 2 aromatic rings. The number of nitrogens with zero attached hydrogens (tertiary/aromatic N) is 2. The van der Waals surface area contributed by atoms with Crippen LogP contribution in [-0.4, -0.2) is 58.1 Å². The lowest BCUT2D eigenvalue weighted by Crippen LogP contribution is -2.51. The number of fused-ring (bicyclic) bond motifs is 1. The molecule has 0 aromatic heterocycles. The Labute approximate surface area is 188 Å². The summed E-state index contributed by atoms with van der Waals surface area (Å²) in [5.74, 6) is 0.0466. The average Bonchev–Trinajstić information content (AvgIpc) is 2.79. The second-order valence-corrected chi connectivity index (χ2v) is 10.1. The standard InChI is InChI=1S/C22H26ClN3O4S/c23-17-8-10-18(11-9-17)31(28,29)26-16-21(30-20-7-3-2-6-19(20)26)22(27)24-12-15-25-13-4-1-5-14-25/h2-3,6-11,21H,1,4-5,12-16H2,(H,24,27)/t21-/m1/s1. The van der Waals surface area contributed by atoms with Gasteiger partial charge in [0, 0.05) is 18.1 Å². The highest BCUT2D eigenvalue weighted by molar-refractivity contribution is 7.92. The van der Waals surface area contributed by atoms with Crippen molar-refractivity contribution in [2.24, 2.45) is 0 Å². The lowest BCUT2D eigenvalue weighted by atomic mass is 10.1. The van der Waals surface area contributed by atoms with Gasteiger partial charge in [0.25, 0.3) is 15.9 Å². The summed E-state index contributed by atoms with van der Waals surface area (Å²) >= 11 is 5.91. The van der Waals surface area contributed by atoms with Crippen LogP contribution in [0.3, 0.4) is 0 Å². The molecule has 1 N–H and O–H groups in total. The van der Waals surface area contributed by atoms with Crippen LogP contribution in [0.4, 0.5) is 5.69 Å². The summed E-state index contributed by atoms with van der Waals surface area (Å²) in [6, 6.07) is 12.8. The summed E-state index contributed by atoms with van der Waals surface area (Å²) in [6.45, 7) is 3.29. The van der Waals surface area contributed by atoms with Crippen LogP contribution in [0.5, 0.6) is 5.75 Å². The number of anilines is 1. The first-order valence-electron chi connectivity index (χ1n) is 10.5. The van der Waals surface area contributed by atoms with E-state index in [0.29, 0.717) is 23.0 Å². The summed E-state index contributed by atoms with van der Waals surface area (Å²) < 4.78 is 33.8. The summed E-state index contributed by atoms with van der Waals surface area (Å²) in [7, 11) is -3.89. The first kappa shape index (κ1) is 21.9. The Bertz CT molecular complexity index is 1020. The van der Waals surface area contributed by atoms with E-state index < -0.39 is 16.1 Å². The minimum absolute atomic E-state index is 0.0997. The van der Waals surface area contributed by atoms with E-state index in [4.69, 9.17) is 16.3 Å². The Morgan fingerprint density at radius 3 is 2.52 bits per heavy atom. The smallest absolute Gasteiger partial charge is 0.264 e. The molecule has 7 nitrogen and oxygen atoms in total.